The summed E-state index contributed by atoms with van der Waals surface area (Å²) in [6.45, 7) is 2.55. The predicted octanol–water partition coefficient (Wildman–Crippen LogP) is -2.53. The normalized spacial score (nSPS) is 19.6. The molecule has 0 saturated carbocycles. The van der Waals surface area contributed by atoms with Crippen LogP contribution < -0.4 is 29.6 Å². The first kappa shape index (κ1) is 18.2. The Bertz CT molecular complexity index is 573. The number of carboxylic acid groups (broad SMARTS) is 2. The Morgan fingerprint density at radius 2 is 1.79 bits per heavy atom. The molecule has 3 N–H and O–H groups in total. The van der Waals surface area contributed by atoms with Crippen LogP contribution in [0.1, 0.15) is 13.8 Å². The molecule has 1 aliphatic carbocycles. The minimum atomic E-state index is -4.68. The van der Waals surface area contributed by atoms with Gasteiger partial charge in [-0.05, 0) is 10.8 Å². The van der Waals surface area contributed by atoms with Crippen LogP contribution in [0, 0.1) is 11.8 Å². The molecule has 9 heteroatoms. The number of rotatable bonds is 3. The third-order valence-corrected chi connectivity index (χ3v) is 3.69. The van der Waals surface area contributed by atoms with Crippen LogP contribution in [-0.4, -0.2) is 35.1 Å². The Labute approximate surface area is 132 Å². The van der Waals surface area contributed by atoms with Crippen LogP contribution in [0.15, 0.2) is 22.1 Å². The van der Waals surface area contributed by atoms with E-state index in [0.29, 0.717) is 0 Å². The maximum Gasteiger partial charge on any atom is 1.00 e. The van der Waals surface area contributed by atoms with Gasteiger partial charge in [0.2, 0.25) is 16.1 Å². The van der Waals surface area contributed by atoms with Crippen molar-refractivity contribution in [2.45, 2.75) is 13.8 Å². The third-order valence-electron chi connectivity index (χ3n) is 2.71. The van der Waals surface area contributed by atoms with Gasteiger partial charge in [-0.3, -0.25) is 9.35 Å². The predicted molar refractivity (Wildman–Crippen MR) is 60.0 cm³/mol. The Hall–Kier alpha value is -0.800. The van der Waals surface area contributed by atoms with E-state index in [9.17, 15) is 18.0 Å². The summed E-state index contributed by atoms with van der Waals surface area (Å²) in [6, 6.07) is 0. The molecule has 0 bridgehead atoms. The summed E-state index contributed by atoms with van der Waals surface area (Å²) < 4.78 is 31.2. The molecule has 19 heavy (non-hydrogen) atoms. The summed E-state index contributed by atoms with van der Waals surface area (Å²) in [5.41, 5.74) is -0.562. The molecule has 0 saturated heterocycles. The zero-order valence-corrected chi connectivity index (χ0v) is 13.4. The molecular weight excluding hydrogens is 287 g/mol. The van der Waals surface area contributed by atoms with E-state index in [-0.39, 0.29) is 41.0 Å². The van der Waals surface area contributed by atoms with Crippen molar-refractivity contribution < 1.29 is 62.3 Å². The van der Waals surface area contributed by atoms with Gasteiger partial charge in [-0.2, -0.15) is 5.57 Å². The van der Waals surface area contributed by atoms with Gasteiger partial charge in [0.1, 0.15) is 0 Å². The average molecular weight is 298 g/mol. The van der Waals surface area contributed by atoms with Gasteiger partial charge in [0, 0.05) is 5.57 Å². The van der Waals surface area contributed by atoms with Crippen molar-refractivity contribution in [2.24, 2.45) is 5.92 Å². The van der Waals surface area contributed by atoms with Crippen LogP contribution >= 0.6 is 0 Å². The zero-order chi connectivity index (χ0) is 14.2. The minimum absolute atomic E-state index is 0. The van der Waals surface area contributed by atoms with Crippen LogP contribution in [0.3, 0.4) is 0 Å². The van der Waals surface area contributed by atoms with Crippen LogP contribution in [0.5, 0.6) is 0 Å². The van der Waals surface area contributed by atoms with Crippen molar-refractivity contribution in [3.05, 3.63) is 28.0 Å². The fourth-order valence-electron chi connectivity index (χ4n) is 1.85. The van der Waals surface area contributed by atoms with Gasteiger partial charge >= 0.3 is 35.5 Å². The number of hydrogen-bond acceptors (Lipinski definition) is 4. The van der Waals surface area contributed by atoms with Gasteiger partial charge in [-0.25, -0.2) is 13.2 Å². The van der Waals surface area contributed by atoms with E-state index in [0.717, 1.165) is 6.08 Å². The van der Waals surface area contributed by atoms with Gasteiger partial charge < -0.3 is 10.2 Å². The molecule has 7 nitrogen and oxygen atoms in total. The topological polar surface area (TPSA) is 129 Å². The summed E-state index contributed by atoms with van der Waals surface area (Å²) in [5, 5.41) is 17.9. The van der Waals surface area contributed by atoms with Gasteiger partial charge in [0.15, 0.2) is 0 Å². The molecule has 0 spiro atoms. The average Bonchev–Trinajstić information content (AvgIpc) is 2.13. The van der Waals surface area contributed by atoms with E-state index < -0.39 is 38.5 Å². The number of carbonyl (C=O) groups is 2. The second-order valence-electron chi connectivity index (χ2n) is 3.81. The number of carboxylic acids is 2. The molecule has 0 aliphatic heterocycles. The smallest absolute Gasteiger partial charge is 0.491 e. The molecule has 0 aromatic rings. The third kappa shape index (κ3) is 3.61. The summed E-state index contributed by atoms with van der Waals surface area (Å²) in [5.74, 6) is -4.18. The first-order valence-electron chi connectivity index (χ1n) is 4.81. The molecule has 0 amide bonds. The standard InChI is InChI=1S/C10H11O7S.Na/c1-4-6(9(11)12)3-7(18(15,16)17)5(2)8(4)10(13)14;/h3-4H,1-2H3,(H,11,12)(H,13,14)(H,15,16,17);/q-1;+1. The molecule has 0 heterocycles. The molecule has 0 aromatic carbocycles. The monoisotopic (exact) mass is 298 g/mol. The Morgan fingerprint density at radius 3 is 2.11 bits per heavy atom. The quantitative estimate of drug-likeness (QED) is 0.298. The van der Waals surface area contributed by atoms with E-state index in [1.807, 2.05) is 0 Å². The minimum Gasteiger partial charge on any atom is -0.491 e. The van der Waals surface area contributed by atoms with Crippen molar-refractivity contribution >= 4 is 22.1 Å². The van der Waals surface area contributed by atoms with Crippen molar-refractivity contribution in [3.63, 3.8) is 0 Å². The second-order valence-corrected chi connectivity index (χ2v) is 5.20. The first-order chi connectivity index (χ1) is 8.07. The number of hydrogen-bond donors (Lipinski definition) is 3. The van der Waals surface area contributed by atoms with E-state index in [1.54, 1.807) is 0 Å². The summed E-state index contributed by atoms with van der Waals surface area (Å²) in [4.78, 5) is 21.3. The van der Waals surface area contributed by atoms with Crippen LogP contribution in [0.25, 0.3) is 0 Å². The second kappa shape index (κ2) is 6.10. The number of aliphatic carboxylic acids is 2. The van der Waals surface area contributed by atoms with Crippen molar-refractivity contribution in [2.75, 3.05) is 0 Å². The van der Waals surface area contributed by atoms with Gasteiger partial charge in [-0.1, -0.05) is 13.8 Å². The summed E-state index contributed by atoms with van der Waals surface area (Å²) >= 11 is 0. The van der Waals surface area contributed by atoms with Crippen LogP contribution in [0.2, 0.25) is 0 Å². The van der Waals surface area contributed by atoms with E-state index in [1.165, 1.54) is 13.8 Å². The molecular formula is C10H11NaO7S. The number of allylic oxidation sites excluding steroid dienone is 1. The van der Waals surface area contributed by atoms with Crippen molar-refractivity contribution in [3.8, 4) is 0 Å². The van der Waals surface area contributed by atoms with Gasteiger partial charge in [0.25, 0.3) is 0 Å². The Kier molecular flexibility index (Phi) is 5.84. The molecule has 1 atom stereocenters. The van der Waals surface area contributed by atoms with E-state index >= 15 is 0 Å². The molecule has 0 fully saturated rings. The van der Waals surface area contributed by atoms with Gasteiger partial charge in [0.05, 0.1) is 0 Å². The fraction of sp³-hybridized carbons (Fsp3) is 0.300. The molecule has 1 aliphatic rings. The molecule has 1 unspecified atom stereocenters. The molecule has 100 valence electrons. The summed E-state index contributed by atoms with van der Waals surface area (Å²) in [6.07, 6.45) is 0.782. The SMILES string of the molecule is CC1=C(S(=O)(=O)O)C=C(C(=O)O)C(C)[C-]1C(=O)O.[Na+]. The fourth-order valence-corrected chi connectivity index (χ4v) is 2.62. The first-order valence-corrected chi connectivity index (χ1v) is 6.25. The van der Waals surface area contributed by atoms with Crippen LogP contribution in [-0.2, 0) is 19.7 Å². The Morgan fingerprint density at radius 1 is 1.32 bits per heavy atom. The van der Waals surface area contributed by atoms with E-state index in [2.05, 4.69) is 0 Å². The zero-order valence-electron chi connectivity index (χ0n) is 10.5. The largest absolute Gasteiger partial charge is 1.00 e. The van der Waals surface area contributed by atoms with E-state index in [4.69, 9.17) is 14.8 Å². The molecule has 1 rings (SSSR count). The molecule has 0 aromatic heterocycles. The van der Waals surface area contributed by atoms with Crippen molar-refractivity contribution in [1.82, 2.24) is 0 Å². The molecule has 0 radical (unpaired) electrons. The Balaban J connectivity index is 0.00000324. The maximum atomic E-state index is 11.1. The maximum absolute atomic E-state index is 11.1. The van der Waals surface area contributed by atoms with Gasteiger partial charge in [-0.15, -0.1) is 12.0 Å². The van der Waals surface area contributed by atoms with Crippen molar-refractivity contribution in [1.29, 1.82) is 0 Å². The van der Waals surface area contributed by atoms with Crippen LogP contribution in [0.4, 0.5) is 0 Å². The summed E-state index contributed by atoms with van der Waals surface area (Å²) in [7, 11) is -4.68.